The predicted molar refractivity (Wildman–Crippen MR) is 96.1 cm³/mol. The van der Waals surface area contributed by atoms with Gasteiger partial charge < -0.3 is 14.6 Å². The maximum atomic E-state index is 5.59. The van der Waals surface area contributed by atoms with Gasteiger partial charge in [-0.05, 0) is 32.1 Å². The lowest BCUT2D eigenvalue weighted by Gasteiger charge is -2.36. The third-order valence-electron chi connectivity index (χ3n) is 3.85. The lowest BCUT2D eigenvalue weighted by Crippen LogP contribution is -2.48. The molecule has 0 spiro atoms. The van der Waals surface area contributed by atoms with Gasteiger partial charge in [-0.15, -0.1) is 24.0 Å². The fraction of sp³-hybridized carbons (Fsp3) is 0.733. The topological polar surface area (TPSA) is 53.7 Å². The van der Waals surface area contributed by atoms with Crippen LogP contribution in [-0.2, 0) is 6.54 Å². The van der Waals surface area contributed by atoms with Gasteiger partial charge in [-0.3, -0.25) is 4.99 Å². The van der Waals surface area contributed by atoms with Gasteiger partial charge in [0.05, 0.1) is 12.2 Å². The van der Waals surface area contributed by atoms with Crippen molar-refractivity contribution in [2.24, 2.45) is 16.8 Å². The quantitative estimate of drug-likeness (QED) is 0.466. The summed E-state index contributed by atoms with van der Waals surface area (Å²) in [4.78, 5) is 11.1. The first-order valence-electron chi connectivity index (χ1n) is 7.38. The van der Waals surface area contributed by atoms with Crippen LogP contribution in [-0.4, -0.2) is 36.0 Å². The third-order valence-corrected chi connectivity index (χ3v) is 3.85. The molecule has 0 radical (unpaired) electrons. The van der Waals surface area contributed by atoms with Crippen LogP contribution < -0.4 is 5.32 Å². The highest BCUT2D eigenvalue weighted by atomic mass is 127. The Morgan fingerprint density at radius 2 is 1.95 bits per heavy atom. The Labute approximate surface area is 144 Å². The van der Waals surface area contributed by atoms with Gasteiger partial charge in [0.2, 0.25) is 5.89 Å². The number of aliphatic imine (C=N–C) groups is 1. The zero-order valence-electron chi connectivity index (χ0n) is 13.6. The monoisotopic (exact) mass is 406 g/mol. The molecule has 5 nitrogen and oxygen atoms in total. The van der Waals surface area contributed by atoms with E-state index in [4.69, 9.17) is 4.42 Å². The van der Waals surface area contributed by atoms with Crippen molar-refractivity contribution in [2.45, 2.75) is 40.7 Å². The zero-order chi connectivity index (χ0) is 14.7. The van der Waals surface area contributed by atoms with E-state index in [2.05, 4.69) is 34.0 Å². The average molecular weight is 406 g/mol. The van der Waals surface area contributed by atoms with Crippen molar-refractivity contribution in [3.63, 3.8) is 0 Å². The van der Waals surface area contributed by atoms with Crippen molar-refractivity contribution in [1.82, 2.24) is 15.2 Å². The van der Waals surface area contributed by atoms with Crippen molar-refractivity contribution >= 4 is 29.9 Å². The first kappa shape index (κ1) is 18.3. The molecule has 0 saturated carbocycles. The summed E-state index contributed by atoms with van der Waals surface area (Å²) in [6, 6.07) is 0. The lowest BCUT2D eigenvalue weighted by molar-refractivity contribution is 0.208. The van der Waals surface area contributed by atoms with Crippen molar-refractivity contribution in [1.29, 1.82) is 0 Å². The molecule has 6 heteroatoms. The molecule has 2 atom stereocenters. The molecule has 120 valence electrons. The van der Waals surface area contributed by atoms with E-state index in [9.17, 15) is 0 Å². The highest BCUT2D eigenvalue weighted by Crippen LogP contribution is 2.20. The van der Waals surface area contributed by atoms with Crippen molar-refractivity contribution in [3.05, 3.63) is 17.3 Å². The molecule has 1 N–H and O–H groups in total. The van der Waals surface area contributed by atoms with Gasteiger partial charge in [-0.1, -0.05) is 13.8 Å². The van der Waals surface area contributed by atoms with Crippen LogP contribution in [0.15, 0.2) is 9.41 Å². The van der Waals surface area contributed by atoms with Crippen LogP contribution in [0.4, 0.5) is 0 Å². The molecule has 0 amide bonds. The summed E-state index contributed by atoms with van der Waals surface area (Å²) in [6.45, 7) is 11.2. The fourth-order valence-corrected chi connectivity index (χ4v) is 2.94. The number of likely N-dealkylation sites (tertiary alicyclic amines) is 1. The van der Waals surface area contributed by atoms with Gasteiger partial charge in [0, 0.05) is 20.1 Å². The molecule has 21 heavy (non-hydrogen) atoms. The second-order valence-electron chi connectivity index (χ2n) is 6.00. The van der Waals surface area contributed by atoms with E-state index in [0.717, 1.165) is 36.4 Å². The Kier molecular flexibility index (Phi) is 6.96. The highest BCUT2D eigenvalue weighted by Gasteiger charge is 2.24. The van der Waals surface area contributed by atoms with E-state index < -0.39 is 0 Å². The van der Waals surface area contributed by atoms with Crippen LogP contribution in [0.3, 0.4) is 0 Å². The molecule has 0 aliphatic carbocycles. The van der Waals surface area contributed by atoms with Gasteiger partial charge in [-0.25, -0.2) is 4.98 Å². The van der Waals surface area contributed by atoms with E-state index in [1.165, 1.54) is 6.42 Å². The molecule has 1 aliphatic heterocycles. The van der Waals surface area contributed by atoms with E-state index >= 15 is 0 Å². The first-order chi connectivity index (χ1) is 9.49. The van der Waals surface area contributed by atoms with Crippen LogP contribution in [0.25, 0.3) is 0 Å². The number of hydrogen-bond acceptors (Lipinski definition) is 3. The number of hydrogen-bond donors (Lipinski definition) is 1. The van der Waals surface area contributed by atoms with E-state index in [0.29, 0.717) is 18.4 Å². The summed E-state index contributed by atoms with van der Waals surface area (Å²) in [5.41, 5.74) is 0.956. The maximum absolute atomic E-state index is 5.59. The smallest absolute Gasteiger partial charge is 0.214 e. The molecule has 2 rings (SSSR count). The van der Waals surface area contributed by atoms with Gasteiger partial charge in [0.25, 0.3) is 0 Å². The molecule has 1 fully saturated rings. The molecular formula is C15H27IN4O. The summed E-state index contributed by atoms with van der Waals surface area (Å²) >= 11 is 0. The van der Waals surface area contributed by atoms with Crippen molar-refractivity contribution in [3.8, 4) is 0 Å². The van der Waals surface area contributed by atoms with Crippen LogP contribution in [0.2, 0.25) is 0 Å². The van der Waals surface area contributed by atoms with Crippen LogP contribution >= 0.6 is 24.0 Å². The number of piperidine rings is 1. The molecule has 1 saturated heterocycles. The van der Waals surface area contributed by atoms with Crippen LogP contribution in [0.1, 0.15) is 37.6 Å². The minimum absolute atomic E-state index is 0. The normalized spacial score (nSPS) is 22.9. The van der Waals surface area contributed by atoms with E-state index in [1.54, 1.807) is 0 Å². The SMILES string of the molecule is CN=C(NCc1nc(C)c(C)o1)N1CC(C)CC(C)C1.I. The number of aryl methyl sites for hydroxylation is 2. The van der Waals surface area contributed by atoms with Crippen molar-refractivity contribution < 1.29 is 4.42 Å². The van der Waals surface area contributed by atoms with E-state index in [1.807, 2.05) is 20.9 Å². The predicted octanol–water partition coefficient (Wildman–Crippen LogP) is 2.96. The van der Waals surface area contributed by atoms with Gasteiger partial charge in [0.15, 0.2) is 5.96 Å². The number of nitrogens with zero attached hydrogens (tertiary/aromatic N) is 3. The summed E-state index contributed by atoms with van der Waals surface area (Å²) in [5.74, 6) is 3.97. The summed E-state index contributed by atoms with van der Waals surface area (Å²) < 4.78 is 5.59. The Bertz CT molecular complexity index is 457. The number of oxazole rings is 1. The lowest BCUT2D eigenvalue weighted by atomic mass is 9.92. The molecule has 1 aromatic rings. The van der Waals surface area contributed by atoms with E-state index in [-0.39, 0.29) is 24.0 Å². The molecular weight excluding hydrogens is 379 g/mol. The minimum atomic E-state index is 0. The molecule has 2 heterocycles. The molecule has 0 aromatic carbocycles. The van der Waals surface area contributed by atoms with Gasteiger partial charge in [-0.2, -0.15) is 0 Å². The van der Waals surface area contributed by atoms with Gasteiger partial charge >= 0.3 is 0 Å². The number of nitrogens with one attached hydrogen (secondary N) is 1. The number of aromatic nitrogens is 1. The summed E-state index contributed by atoms with van der Waals surface area (Å²) in [6.07, 6.45) is 1.30. The minimum Gasteiger partial charge on any atom is -0.444 e. The number of rotatable bonds is 2. The number of guanidine groups is 1. The molecule has 0 bridgehead atoms. The largest absolute Gasteiger partial charge is 0.444 e. The fourth-order valence-electron chi connectivity index (χ4n) is 2.94. The first-order valence-corrected chi connectivity index (χ1v) is 7.38. The Morgan fingerprint density at radius 1 is 1.33 bits per heavy atom. The molecule has 1 aromatic heterocycles. The average Bonchev–Trinajstić information content (AvgIpc) is 2.68. The summed E-state index contributed by atoms with van der Waals surface area (Å²) in [5, 5.41) is 3.36. The summed E-state index contributed by atoms with van der Waals surface area (Å²) in [7, 11) is 1.83. The van der Waals surface area contributed by atoms with Crippen LogP contribution in [0, 0.1) is 25.7 Å². The second-order valence-corrected chi connectivity index (χ2v) is 6.00. The zero-order valence-corrected chi connectivity index (χ0v) is 16.0. The van der Waals surface area contributed by atoms with Gasteiger partial charge in [0.1, 0.15) is 5.76 Å². The number of halogens is 1. The Morgan fingerprint density at radius 3 is 2.43 bits per heavy atom. The van der Waals surface area contributed by atoms with Crippen molar-refractivity contribution in [2.75, 3.05) is 20.1 Å². The van der Waals surface area contributed by atoms with Crippen LogP contribution in [0.5, 0.6) is 0 Å². The Balaban J connectivity index is 0.00000220. The third kappa shape index (κ3) is 4.86. The Hall–Kier alpha value is -0.790. The standard InChI is InChI=1S/C15H26N4O.HI/c1-10-6-11(2)9-19(8-10)15(16-5)17-7-14-18-12(3)13(4)20-14;/h10-11H,6-9H2,1-5H3,(H,16,17);1H. The highest BCUT2D eigenvalue weighted by molar-refractivity contribution is 14.0. The maximum Gasteiger partial charge on any atom is 0.214 e. The molecule has 1 aliphatic rings. The molecule has 2 unspecified atom stereocenters. The second kappa shape index (κ2) is 8.00.